The van der Waals surface area contributed by atoms with Crippen LogP contribution in [0.3, 0.4) is 0 Å². The van der Waals surface area contributed by atoms with Gasteiger partial charge in [0.05, 0.1) is 0 Å². The first kappa shape index (κ1) is 11.9. The van der Waals surface area contributed by atoms with Gasteiger partial charge in [-0.1, -0.05) is 34.1 Å². The topological polar surface area (TPSA) is 55.5 Å². The van der Waals surface area contributed by atoms with Crippen LogP contribution in [-0.4, -0.2) is 11.4 Å². The van der Waals surface area contributed by atoms with Gasteiger partial charge in [-0.25, -0.2) is 5.90 Å². The summed E-state index contributed by atoms with van der Waals surface area (Å²) in [5.41, 5.74) is 0.203. The molecule has 0 aromatic rings. The van der Waals surface area contributed by atoms with E-state index in [-0.39, 0.29) is 5.41 Å². The van der Waals surface area contributed by atoms with Crippen molar-refractivity contribution in [1.82, 2.24) is 0 Å². The lowest BCUT2D eigenvalue weighted by atomic mass is 9.77. The first-order valence-corrected chi connectivity index (χ1v) is 4.45. The van der Waals surface area contributed by atoms with Crippen LogP contribution >= 0.6 is 0 Å². The van der Waals surface area contributed by atoms with Crippen molar-refractivity contribution in [2.45, 2.75) is 46.8 Å². The van der Waals surface area contributed by atoms with Crippen LogP contribution in [-0.2, 0) is 4.84 Å². The third kappa shape index (κ3) is 4.04. The smallest absolute Gasteiger partial charge is 0.174 e. The highest BCUT2D eigenvalue weighted by atomic mass is 16.7. The number of hydrogen-bond acceptors (Lipinski definition) is 3. The van der Waals surface area contributed by atoms with Crippen LogP contribution in [0.5, 0.6) is 0 Å². The molecule has 0 aliphatic carbocycles. The zero-order valence-corrected chi connectivity index (χ0v) is 8.50. The number of aliphatic hydroxyl groups is 1. The standard InChI is InChI=1S/C9H21NO2/c1-5-7(9(2,3)4)6-8(11)12-10/h7-8,11H,5-6,10H2,1-4H3. The number of aliphatic hydroxyl groups excluding tert-OH is 1. The van der Waals surface area contributed by atoms with Crippen LogP contribution in [0.4, 0.5) is 0 Å². The lowest BCUT2D eigenvalue weighted by Gasteiger charge is -2.30. The molecule has 0 saturated carbocycles. The van der Waals surface area contributed by atoms with E-state index in [9.17, 15) is 5.11 Å². The highest BCUT2D eigenvalue weighted by Crippen LogP contribution is 2.32. The number of nitrogens with two attached hydrogens (primary N) is 1. The van der Waals surface area contributed by atoms with E-state index in [2.05, 4.69) is 32.5 Å². The van der Waals surface area contributed by atoms with Crippen molar-refractivity contribution in [2.75, 3.05) is 0 Å². The molecule has 0 aromatic heterocycles. The van der Waals surface area contributed by atoms with E-state index >= 15 is 0 Å². The average molecular weight is 175 g/mol. The van der Waals surface area contributed by atoms with E-state index < -0.39 is 6.29 Å². The molecule has 0 aliphatic heterocycles. The molecule has 3 heteroatoms. The van der Waals surface area contributed by atoms with Gasteiger partial charge in [0.2, 0.25) is 0 Å². The summed E-state index contributed by atoms with van der Waals surface area (Å²) in [4.78, 5) is 4.33. The molecule has 0 radical (unpaired) electrons. The largest absolute Gasteiger partial charge is 0.366 e. The SMILES string of the molecule is CCC(CC(O)ON)C(C)(C)C. The Balaban J connectivity index is 4.00. The maximum Gasteiger partial charge on any atom is 0.174 e. The predicted molar refractivity (Wildman–Crippen MR) is 49.1 cm³/mol. The maximum atomic E-state index is 9.18. The summed E-state index contributed by atoms with van der Waals surface area (Å²) in [6.07, 6.45) is 0.814. The van der Waals surface area contributed by atoms with Crippen LogP contribution in [0, 0.1) is 11.3 Å². The molecular formula is C9H21NO2. The van der Waals surface area contributed by atoms with Crippen LogP contribution in [0.25, 0.3) is 0 Å². The molecule has 0 aliphatic rings. The molecule has 12 heavy (non-hydrogen) atoms. The van der Waals surface area contributed by atoms with Crippen LogP contribution < -0.4 is 5.90 Å². The van der Waals surface area contributed by atoms with Gasteiger partial charge in [0.15, 0.2) is 6.29 Å². The average Bonchev–Trinajstić information content (AvgIpc) is 1.97. The Hall–Kier alpha value is -0.120. The molecule has 74 valence electrons. The minimum atomic E-state index is -0.825. The number of hydrogen-bond donors (Lipinski definition) is 2. The van der Waals surface area contributed by atoms with Gasteiger partial charge in [0.25, 0.3) is 0 Å². The molecule has 0 heterocycles. The summed E-state index contributed by atoms with van der Waals surface area (Å²) in [6, 6.07) is 0. The lowest BCUT2D eigenvalue weighted by molar-refractivity contribution is -0.120. The Bertz CT molecular complexity index is 120. The summed E-state index contributed by atoms with van der Waals surface area (Å²) in [7, 11) is 0. The van der Waals surface area contributed by atoms with Gasteiger partial charge < -0.3 is 5.11 Å². The zero-order valence-electron chi connectivity index (χ0n) is 8.50. The molecule has 3 N–H and O–H groups in total. The van der Waals surface area contributed by atoms with Crippen molar-refractivity contribution in [3.8, 4) is 0 Å². The molecular weight excluding hydrogens is 154 g/mol. The third-order valence-electron chi connectivity index (χ3n) is 2.36. The molecule has 0 aromatic carbocycles. The maximum absolute atomic E-state index is 9.18. The van der Waals surface area contributed by atoms with Crippen molar-refractivity contribution in [3.05, 3.63) is 0 Å². The Labute approximate surface area is 74.9 Å². The number of rotatable bonds is 4. The third-order valence-corrected chi connectivity index (χ3v) is 2.36. The molecule has 0 bridgehead atoms. The van der Waals surface area contributed by atoms with Crippen LogP contribution in [0.1, 0.15) is 40.5 Å². The van der Waals surface area contributed by atoms with Gasteiger partial charge in [0.1, 0.15) is 0 Å². The van der Waals surface area contributed by atoms with Gasteiger partial charge in [0, 0.05) is 6.42 Å². The van der Waals surface area contributed by atoms with Crippen LogP contribution in [0.15, 0.2) is 0 Å². The summed E-state index contributed by atoms with van der Waals surface area (Å²) in [5.74, 6) is 5.31. The van der Waals surface area contributed by atoms with Gasteiger partial charge >= 0.3 is 0 Å². The minimum Gasteiger partial charge on any atom is -0.366 e. The first-order chi connectivity index (χ1) is 5.41. The Morgan fingerprint density at radius 1 is 1.42 bits per heavy atom. The molecule has 0 fully saturated rings. The Morgan fingerprint density at radius 3 is 2.17 bits per heavy atom. The van der Waals surface area contributed by atoms with E-state index in [1.54, 1.807) is 0 Å². The Kier molecular flexibility index (Phi) is 4.75. The van der Waals surface area contributed by atoms with Gasteiger partial charge in [-0.2, -0.15) is 0 Å². The quantitative estimate of drug-likeness (QED) is 0.504. The molecule has 0 amide bonds. The van der Waals surface area contributed by atoms with Gasteiger partial charge in [-0.05, 0) is 11.3 Å². The van der Waals surface area contributed by atoms with Crippen molar-refractivity contribution in [3.63, 3.8) is 0 Å². The Morgan fingerprint density at radius 2 is 1.92 bits per heavy atom. The molecule has 0 rings (SSSR count). The summed E-state index contributed by atoms with van der Waals surface area (Å²) >= 11 is 0. The van der Waals surface area contributed by atoms with Crippen molar-refractivity contribution in [2.24, 2.45) is 17.2 Å². The highest BCUT2D eigenvalue weighted by Gasteiger charge is 2.25. The normalized spacial score (nSPS) is 17.5. The first-order valence-electron chi connectivity index (χ1n) is 4.45. The summed E-state index contributed by atoms with van der Waals surface area (Å²) in [5, 5.41) is 9.18. The van der Waals surface area contributed by atoms with Gasteiger partial charge in [-0.3, -0.25) is 4.84 Å². The second-order valence-electron chi connectivity index (χ2n) is 4.30. The van der Waals surface area contributed by atoms with E-state index in [1.165, 1.54) is 0 Å². The van der Waals surface area contributed by atoms with Crippen molar-refractivity contribution < 1.29 is 9.94 Å². The summed E-state index contributed by atoms with van der Waals surface area (Å²) in [6.45, 7) is 8.58. The van der Waals surface area contributed by atoms with Crippen molar-refractivity contribution in [1.29, 1.82) is 0 Å². The van der Waals surface area contributed by atoms with E-state index in [0.717, 1.165) is 6.42 Å². The molecule has 3 nitrogen and oxygen atoms in total. The second-order valence-corrected chi connectivity index (χ2v) is 4.30. The molecule has 2 unspecified atom stereocenters. The fourth-order valence-corrected chi connectivity index (χ4v) is 1.43. The minimum absolute atomic E-state index is 0.203. The fourth-order valence-electron chi connectivity index (χ4n) is 1.43. The van der Waals surface area contributed by atoms with Gasteiger partial charge in [-0.15, -0.1) is 0 Å². The molecule has 2 atom stereocenters. The predicted octanol–water partition coefficient (Wildman–Crippen LogP) is 1.66. The monoisotopic (exact) mass is 175 g/mol. The van der Waals surface area contributed by atoms with Crippen LogP contribution in [0.2, 0.25) is 0 Å². The molecule has 0 spiro atoms. The van der Waals surface area contributed by atoms with E-state index in [4.69, 9.17) is 5.90 Å². The van der Waals surface area contributed by atoms with Crippen molar-refractivity contribution >= 4 is 0 Å². The van der Waals surface area contributed by atoms with E-state index in [0.29, 0.717) is 12.3 Å². The fraction of sp³-hybridized carbons (Fsp3) is 1.00. The second kappa shape index (κ2) is 4.80. The highest BCUT2D eigenvalue weighted by molar-refractivity contribution is 4.73. The zero-order chi connectivity index (χ0) is 9.78. The molecule has 0 saturated heterocycles. The lowest BCUT2D eigenvalue weighted by Crippen LogP contribution is -2.27. The summed E-state index contributed by atoms with van der Waals surface area (Å²) < 4.78 is 0. The van der Waals surface area contributed by atoms with E-state index in [1.807, 2.05) is 0 Å².